The lowest BCUT2D eigenvalue weighted by molar-refractivity contribution is -0.137. The van der Waals surface area contributed by atoms with Gasteiger partial charge >= 0.3 is 6.18 Å². The Hall–Kier alpha value is -2.80. The van der Waals surface area contributed by atoms with Crippen LogP contribution in [-0.2, 0) is 23.8 Å². The van der Waals surface area contributed by atoms with Gasteiger partial charge in [-0.2, -0.15) is 13.2 Å². The van der Waals surface area contributed by atoms with Gasteiger partial charge in [-0.05, 0) is 67.5 Å². The Kier molecular flexibility index (Phi) is 5.56. The number of hydrogen-bond acceptors (Lipinski definition) is 3. The maximum atomic E-state index is 13.0. The van der Waals surface area contributed by atoms with Crippen molar-refractivity contribution in [2.24, 2.45) is 0 Å². The van der Waals surface area contributed by atoms with Gasteiger partial charge in [0.1, 0.15) is 5.75 Å². The minimum atomic E-state index is -4.46. The normalized spacial score (nSPS) is 22.2. The molecule has 4 nitrogen and oxygen atoms in total. The van der Waals surface area contributed by atoms with E-state index >= 15 is 0 Å². The van der Waals surface area contributed by atoms with E-state index in [-0.39, 0.29) is 18.3 Å². The summed E-state index contributed by atoms with van der Waals surface area (Å²) in [5.74, 6) is -0.221. The van der Waals surface area contributed by atoms with Crippen LogP contribution in [0.2, 0.25) is 0 Å². The van der Waals surface area contributed by atoms with Gasteiger partial charge in [0, 0.05) is 23.7 Å². The van der Waals surface area contributed by atoms with Gasteiger partial charge in [-0.1, -0.05) is 18.2 Å². The number of ether oxygens (including phenoxy) is 1. The molecular weight excluding hydrogens is 407 g/mol. The third-order valence-electron chi connectivity index (χ3n) is 5.83. The van der Waals surface area contributed by atoms with Gasteiger partial charge in [0.25, 0.3) is 0 Å². The lowest BCUT2D eigenvalue weighted by Crippen LogP contribution is -2.32. The minimum absolute atomic E-state index is 0.138. The van der Waals surface area contributed by atoms with E-state index in [0.717, 1.165) is 29.7 Å². The van der Waals surface area contributed by atoms with Crippen molar-refractivity contribution < 1.29 is 27.8 Å². The maximum absolute atomic E-state index is 13.0. The van der Waals surface area contributed by atoms with E-state index in [1.807, 2.05) is 12.1 Å². The van der Waals surface area contributed by atoms with Crippen molar-refractivity contribution >= 4 is 17.2 Å². The second-order valence-electron chi connectivity index (χ2n) is 8.44. The predicted molar refractivity (Wildman–Crippen MR) is 112 cm³/mol. The smallest absolute Gasteiger partial charge is 0.416 e. The van der Waals surface area contributed by atoms with E-state index in [1.54, 1.807) is 13.0 Å². The number of anilines is 1. The first-order chi connectivity index (χ1) is 14.6. The Morgan fingerprint density at radius 2 is 2.03 bits per heavy atom. The fourth-order valence-corrected chi connectivity index (χ4v) is 4.21. The second-order valence-corrected chi connectivity index (χ2v) is 8.44. The van der Waals surface area contributed by atoms with E-state index in [0.29, 0.717) is 42.5 Å². The molecular formula is C24H24F3NO3. The minimum Gasteiger partial charge on any atom is -0.493 e. The summed E-state index contributed by atoms with van der Waals surface area (Å²) in [7, 11) is 0. The summed E-state index contributed by atoms with van der Waals surface area (Å²) in [5.41, 5.74) is 2.21. The Bertz CT molecular complexity index is 1040. The van der Waals surface area contributed by atoms with Gasteiger partial charge in [-0.25, -0.2) is 0 Å². The Balaban J connectivity index is 1.61. The topological polar surface area (TPSA) is 58.6 Å². The Morgan fingerprint density at radius 1 is 1.23 bits per heavy atom. The van der Waals surface area contributed by atoms with Crippen molar-refractivity contribution in [1.82, 2.24) is 0 Å². The fourth-order valence-electron chi connectivity index (χ4n) is 4.21. The molecule has 0 saturated heterocycles. The third kappa shape index (κ3) is 4.77. The molecule has 7 heteroatoms. The molecule has 2 aromatic carbocycles. The zero-order valence-corrected chi connectivity index (χ0v) is 17.2. The molecule has 1 atom stereocenters. The summed E-state index contributed by atoms with van der Waals surface area (Å²) in [6.07, 6.45) is -0.0589. The zero-order valence-electron chi connectivity index (χ0n) is 17.2. The summed E-state index contributed by atoms with van der Waals surface area (Å²) in [5, 5.41) is 13.3. The second kappa shape index (κ2) is 8.04. The molecule has 1 amide bonds. The van der Waals surface area contributed by atoms with Crippen molar-refractivity contribution in [3.8, 4) is 5.75 Å². The van der Waals surface area contributed by atoms with Crippen LogP contribution in [0.25, 0.3) is 5.57 Å². The average molecular weight is 431 g/mol. The molecule has 0 bridgehead atoms. The molecule has 1 aliphatic heterocycles. The van der Waals surface area contributed by atoms with Crippen LogP contribution in [0.3, 0.4) is 0 Å². The number of fused-ring (bicyclic) bond motifs is 2. The van der Waals surface area contributed by atoms with Crippen molar-refractivity contribution in [1.29, 1.82) is 0 Å². The van der Waals surface area contributed by atoms with Crippen LogP contribution in [-0.4, -0.2) is 23.2 Å². The first-order valence-corrected chi connectivity index (χ1v) is 10.3. The van der Waals surface area contributed by atoms with Crippen molar-refractivity contribution in [2.75, 3.05) is 11.9 Å². The van der Waals surface area contributed by atoms with Gasteiger partial charge < -0.3 is 15.2 Å². The Labute approximate surface area is 178 Å². The summed E-state index contributed by atoms with van der Waals surface area (Å²) in [6.45, 7) is 2.07. The molecule has 0 fully saturated rings. The van der Waals surface area contributed by atoms with Gasteiger partial charge in [0.15, 0.2) is 0 Å². The molecule has 4 rings (SSSR count). The first-order valence-electron chi connectivity index (χ1n) is 10.3. The van der Waals surface area contributed by atoms with Crippen LogP contribution in [0.1, 0.15) is 48.4 Å². The van der Waals surface area contributed by atoms with E-state index in [4.69, 9.17) is 4.74 Å². The summed E-state index contributed by atoms with van der Waals surface area (Å²) >= 11 is 0. The number of alkyl halides is 3. The van der Waals surface area contributed by atoms with Crippen LogP contribution < -0.4 is 10.1 Å². The number of carbonyl (C=O) groups excluding carboxylic acids is 1. The quantitative estimate of drug-likeness (QED) is 0.648. The summed E-state index contributed by atoms with van der Waals surface area (Å²) in [6, 6.07) is 9.03. The largest absolute Gasteiger partial charge is 0.493 e. The molecule has 164 valence electrons. The van der Waals surface area contributed by atoms with Crippen LogP contribution in [0.5, 0.6) is 5.75 Å². The third-order valence-corrected chi connectivity index (χ3v) is 5.83. The average Bonchev–Trinajstić information content (AvgIpc) is 2.89. The highest BCUT2D eigenvalue weighted by Gasteiger charge is 2.32. The predicted octanol–water partition coefficient (Wildman–Crippen LogP) is 5.14. The Morgan fingerprint density at radius 3 is 2.81 bits per heavy atom. The van der Waals surface area contributed by atoms with Crippen molar-refractivity contribution in [3.63, 3.8) is 0 Å². The number of carbonyl (C=O) groups is 1. The highest BCUT2D eigenvalue weighted by molar-refractivity contribution is 6.04. The molecule has 1 aliphatic carbocycles. The molecule has 1 heterocycles. The number of benzene rings is 2. The fraction of sp³-hybridized carbons (Fsp3) is 0.375. The first kappa shape index (κ1) is 21.4. The number of allylic oxidation sites excluding steroid dienone is 1. The number of halogens is 3. The van der Waals surface area contributed by atoms with Crippen molar-refractivity contribution in [3.05, 3.63) is 64.7 Å². The summed E-state index contributed by atoms with van der Waals surface area (Å²) in [4.78, 5) is 12.8. The van der Waals surface area contributed by atoms with Gasteiger partial charge in [-0.15, -0.1) is 0 Å². The summed E-state index contributed by atoms with van der Waals surface area (Å²) < 4.78 is 44.7. The number of amides is 1. The van der Waals surface area contributed by atoms with Gasteiger partial charge in [-0.3, -0.25) is 4.79 Å². The van der Waals surface area contributed by atoms with Crippen molar-refractivity contribution in [2.45, 2.75) is 50.8 Å². The molecule has 2 N–H and O–H groups in total. The van der Waals surface area contributed by atoms with Crippen LogP contribution >= 0.6 is 0 Å². The zero-order chi connectivity index (χ0) is 22.2. The number of aliphatic hydroxyl groups is 1. The van der Waals surface area contributed by atoms with Crippen LogP contribution in [0, 0.1) is 0 Å². The molecule has 0 spiro atoms. The van der Waals surface area contributed by atoms with Crippen LogP contribution in [0.4, 0.5) is 18.9 Å². The molecule has 1 unspecified atom stereocenters. The standard InChI is InChI=1S/C24H24F3NO3/c1-23(30)10-9-15-4-2-6-20(19(15)14-23)28-22(29)12-16-5-3-11-31-21-13-17(24(25,26)27)7-8-18(16)21/h2,4,6-8,12-13,30H,3,5,9-11,14H2,1H3,(H,28,29). The lowest BCUT2D eigenvalue weighted by Gasteiger charge is -2.31. The molecule has 0 saturated carbocycles. The van der Waals surface area contributed by atoms with Gasteiger partial charge in [0.2, 0.25) is 5.91 Å². The molecule has 2 aliphatic rings. The molecule has 0 aromatic heterocycles. The highest BCUT2D eigenvalue weighted by atomic mass is 19.4. The highest BCUT2D eigenvalue weighted by Crippen LogP contribution is 2.38. The lowest BCUT2D eigenvalue weighted by atomic mass is 9.81. The maximum Gasteiger partial charge on any atom is 0.416 e. The number of aryl methyl sites for hydroxylation is 1. The SMILES string of the molecule is CC1(O)CCc2cccc(NC(=O)C=C3CCCOc4cc(C(F)(F)F)ccc43)c2C1. The number of nitrogens with one attached hydrogen (secondary N) is 1. The van der Waals surface area contributed by atoms with Crippen LogP contribution in [0.15, 0.2) is 42.5 Å². The number of hydrogen-bond donors (Lipinski definition) is 2. The monoisotopic (exact) mass is 431 g/mol. The molecule has 2 aromatic rings. The molecule has 0 radical (unpaired) electrons. The van der Waals surface area contributed by atoms with E-state index in [9.17, 15) is 23.1 Å². The van der Waals surface area contributed by atoms with E-state index in [2.05, 4.69) is 5.32 Å². The molecule has 31 heavy (non-hydrogen) atoms. The van der Waals surface area contributed by atoms with E-state index in [1.165, 1.54) is 12.1 Å². The van der Waals surface area contributed by atoms with E-state index < -0.39 is 17.3 Å². The van der Waals surface area contributed by atoms with Gasteiger partial charge in [0.05, 0.1) is 17.8 Å². The number of rotatable bonds is 2.